The van der Waals surface area contributed by atoms with Crippen molar-refractivity contribution in [3.8, 4) is 0 Å². The second-order valence-electron chi connectivity index (χ2n) is 4.27. The summed E-state index contributed by atoms with van der Waals surface area (Å²) in [7, 11) is 0. The summed E-state index contributed by atoms with van der Waals surface area (Å²) in [5.41, 5.74) is 12.9. The monoisotopic (exact) mass is 285 g/mol. The Bertz CT molecular complexity index is 665. The van der Waals surface area contributed by atoms with Gasteiger partial charge < -0.3 is 16.2 Å². The third kappa shape index (κ3) is 4.27. The highest BCUT2D eigenvalue weighted by atomic mass is 16.5. The van der Waals surface area contributed by atoms with Crippen molar-refractivity contribution in [3.05, 3.63) is 47.3 Å². The molecule has 0 aliphatic carbocycles. The second kappa shape index (κ2) is 6.47. The van der Waals surface area contributed by atoms with E-state index in [0.717, 1.165) is 11.1 Å². The molecular weight excluding hydrogens is 270 g/mol. The van der Waals surface area contributed by atoms with Gasteiger partial charge in [0.25, 0.3) is 0 Å². The Morgan fingerprint density at radius 2 is 1.86 bits per heavy atom. The van der Waals surface area contributed by atoms with Crippen LogP contribution in [-0.2, 0) is 16.1 Å². The lowest BCUT2D eigenvalue weighted by atomic mass is 10.1. The molecule has 0 atom stereocenters. The van der Waals surface area contributed by atoms with Gasteiger partial charge in [-0.2, -0.15) is 15.0 Å². The Balaban J connectivity index is 1.95. The van der Waals surface area contributed by atoms with Crippen LogP contribution in [0.5, 0.6) is 0 Å². The summed E-state index contributed by atoms with van der Waals surface area (Å²) >= 11 is 0. The largest absolute Gasteiger partial charge is 0.454 e. The summed E-state index contributed by atoms with van der Waals surface area (Å²) < 4.78 is 5.01. The Labute approximate surface area is 121 Å². The molecule has 0 aliphatic heterocycles. The Hall–Kier alpha value is -2.96. The molecule has 1 aromatic heterocycles. The molecule has 0 unspecified atom stereocenters. The van der Waals surface area contributed by atoms with Crippen LogP contribution in [0.1, 0.15) is 17.0 Å². The number of aryl methyl sites for hydroxylation is 1. The molecule has 0 amide bonds. The van der Waals surface area contributed by atoms with Gasteiger partial charge in [-0.15, -0.1) is 0 Å². The molecule has 1 aromatic carbocycles. The van der Waals surface area contributed by atoms with E-state index in [1.54, 1.807) is 6.08 Å². The summed E-state index contributed by atoms with van der Waals surface area (Å²) in [6.45, 7) is 1.84. The van der Waals surface area contributed by atoms with Crippen LogP contribution in [0.15, 0.2) is 30.3 Å². The maximum absolute atomic E-state index is 11.6. The third-order valence-electron chi connectivity index (χ3n) is 2.65. The number of ether oxygens (including phenoxy) is 1. The SMILES string of the molecule is Cc1ccccc1/C=C/C(=O)OCc1nc(N)nc(N)n1. The number of nitrogens with zero attached hydrogens (tertiary/aromatic N) is 3. The molecule has 4 N–H and O–H groups in total. The zero-order valence-electron chi connectivity index (χ0n) is 11.5. The predicted molar refractivity (Wildman–Crippen MR) is 78.7 cm³/mol. The summed E-state index contributed by atoms with van der Waals surface area (Å²) in [6, 6.07) is 7.70. The quantitative estimate of drug-likeness (QED) is 0.638. The van der Waals surface area contributed by atoms with Crippen molar-refractivity contribution in [1.82, 2.24) is 15.0 Å². The van der Waals surface area contributed by atoms with Gasteiger partial charge in [0.05, 0.1) is 0 Å². The van der Waals surface area contributed by atoms with Crippen LogP contribution in [0, 0.1) is 6.92 Å². The molecule has 0 radical (unpaired) electrons. The number of carbonyl (C=O) groups excluding carboxylic acids is 1. The third-order valence-corrected chi connectivity index (χ3v) is 2.65. The summed E-state index contributed by atoms with van der Waals surface area (Å²) in [4.78, 5) is 22.9. The number of hydrogen-bond acceptors (Lipinski definition) is 7. The van der Waals surface area contributed by atoms with Gasteiger partial charge in [-0.25, -0.2) is 4.79 Å². The van der Waals surface area contributed by atoms with E-state index < -0.39 is 5.97 Å². The minimum atomic E-state index is -0.504. The highest BCUT2D eigenvalue weighted by Crippen LogP contribution is 2.09. The fourth-order valence-corrected chi connectivity index (χ4v) is 1.64. The topological polar surface area (TPSA) is 117 Å². The average molecular weight is 285 g/mol. The van der Waals surface area contributed by atoms with E-state index in [1.807, 2.05) is 31.2 Å². The molecular formula is C14H15N5O2. The number of rotatable bonds is 4. The van der Waals surface area contributed by atoms with Crippen molar-refractivity contribution in [3.63, 3.8) is 0 Å². The van der Waals surface area contributed by atoms with E-state index in [-0.39, 0.29) is 24.3 Å². The summed E-state index contributed by atoms with van der Waals surface area (Å²) in [5, 5.41) is 0. The normalized spacial score (nSPS) is 10.7. The number of hydrogen-bond donors (Lipinski definition) is 2. The predicted octanol–water partition coefficient (Wildman–Crippen LogP) is 1.10. The number of nitrogens with two attached hydrogens (primary N) is 2. The number of esters is 1. The zero-order chi connectivity index (χ0) is 15.2. The van der Waals surface area contributed by atoms with Gasteiger partial charge in [-0.3, -0.25) is 0 Å². The maximum Gasteiger partial charge on any atom is 0.331 e. The smallest absolute Gasteiger partial charge is 0.331 e. The first-order chi connectivity index (χ1) is 10.0. The molecule has 7 nitrogen and oxygen atoms in total. The maximum atomic E-state index is 11.6. The molecule has 21 heavy (non-hydrogen) atoms. The first kappa shape index (κ1) is 14.4. The molecule has 0 bridgehead atoms. The first-order valence-electron chi connectivity index (χ1n) is 6.21. The van der Waals surface area contributed by atoms with Crippen LogP contribution >= 0.6 is 0 Å². The molecule has 0 spiro atoms. The van der Waals surface area contributed by atoms with E-state index >= 15 is 0 Å². The molecule has 0 saturated carbocycles. The van der Waals surface area contributed by atoms with Gasteiger partial charge in [-0.1, -0.05) is 24.3 Å². The Kier molecular flexibility index (Phi) is 4.45. The van der Waals surface area contributed by atoms with Gasteiger partial charge >= 0.3 is 5.97 Å². The minimum Gasteiger partial charge on any atom is -0.454 e. The number of anilines is 2. The molecule has 2 aromatic rings. The molecule has 7 heteroatoms. The van der Waals surface area contributed by atoms with Gasteiger partial charge in [0.2, 0.25) is 11.9 Å². The number of carbonyl (C=O) groups is 1. The number of nitrogen functional groups attached to an aromatic ring is 2. The molecule has 0 saturated heterocycles. The van der Waals surface area contributed by atoms with Crippen LogP contribution in [0.25, 0.3) is 6.08 Å². The highest BCUT2D eigenvalue weighted by molar-refractivity contribution is 5.87. The van der Waals surface area contributed by atoms with Crippen molar-refractivity contribution in [2.45, 2.75) is 13.5 Å². The second-order valence-corrected chi connectivity index (χ2v) is 4.27. The number of aromatic nitrogens is 3. The van der Waals surface area contributed by atoms with Crippen LogP contribution in [0.2, 0.25) is 0 Å². The molecule has 0 aliphatic rings. The van der Waals surface area contributed by atoms with Crippen molar-refractivity contribution in [1.29, 1.82) is 0 Å². The Morgan fingerprint density at radius 1 is 1.19 bits per heavy atom. The fourth-order valence-electron chi connectivity index (χ4n) is 1.64. The van der Waals surface area contributed by atoms with Crippen LogP contribution < -0.4 is 11.5 Å². The zero-order valence-corrected chi connectivity index (χ0v) is 11.5. The van der Waals surface area contributed by atoms with E-state index in [1.165, 1.54) is 6.08 Å². The van der Waals surface area contributed by atoms with Crippen molar-refractivity contribution in [2.24, 2.45) is 0 Å². The lowest BCUT2D eigenvalue weighted by Crippen LogP contribution is -2.09. The van der Waals surface area contributed by atoms with Gasteiger partial charge in [-0.05, 0) is 24.1 Å². The van der Waals surface area contributed by atoms with Crippen LogP contribution in [-0.4, -0.2) is 20.9 Å². The number of benzene rings is 1. The van der Waals surface area contributed by atoms with Crippen LogP contribution in [0.3, 0.4) is 0 Å². The van der Waals surface area contributed by atoms with Crippen molar-refractivity contribution >= 4 is 23.9 Å². The van der Waals surface area contributed by atoms with Crippen molar-refractivity contribution in [2.75, 3.05) is 11.5 Å². The molecule has 1 heterocycles. The first-order valence-corrected chi connectivity index (χ1v) is 6.21. The fraction of sp³-hybridized carbons (Fsp3) is 0.143. The van der Waals surface area contributed by atoms with E-state index in [9.17, 15) is 4.79 Å². The minimum absolute atomic E-state index is 0.0102. The standard InChI is InChI=1S/C14H15N5O2/c1-9-4-2-3-5-10(9)6-7-12(20)21-8-11-17-13(15)19-14(16)18-11/h2-7H,8H2,1H3,(H4,15,16,17,18,19)/b7-6+. The van der Waals surface area contributed by atoms with Gasteiger partial charge in [0.15, 0.2) is 12.4 Å². The summed E-state index contributed by atoms with van der Waals surface area (Å²) in [5.74, 6) is -0.318. The lowest BCUT2D eigenvalue weighted by molar-refractivity contribution is -0.139. The van der Waals surface area contributed by atoms with E-state index in [2.05, 4.69) is 15.0 Å². The van der Waals surface area contributed by atoms with Crippen LogP contribution in [0.4, 0.5) is 11.9 Å². The summed E-state index contributed by atoms with van der Waals surface area (Å²) in [6.07, 6.45) is 3.03. The van der Waals surface area contributed by atoms with E-state index in [4.69, 9.17) is 16.2 Å². The Morgan fingerprint density at radius 3 is 2.52 bits per heavy atom. The van der Waals surface area contributed by atoms with E-state index in [0.29, 0.717) is 0 Å². The molecule has 108 valence electrons. The van der Waals surface area contributed by atoms with Gasteiger partial charge in [0, 0.05) is 6.08 Å². The van der Waals surface area contributed by atoms with Crippen molar-refractivity contribution < 1.29 is 9.53 Å². The molecule has 0 fully saturated rings. The molecule has 2 rings (SSSR count). The highest BCUT2D eigenvalue weighted by Gasteiger charge is 2.05. The average Bonchev–Trinajstić information content (AvgIpc) is 2.43. The lowest BCUT2D eigenvalue weighted by Gasteiger charge is -2.03. The van der Waals surface area contributed by atoms with Gasteiger partial charge in [0.1, 0.15) is 0 Å².